The molecular weight excluding hydrogens is 270 g/mol. The molecule has 0 aliphatic heterocycles. The molecule has 1 aromatic carbocycles. The zero-order valence-electron chi connectivity index (χ0n) is 10.1. The highest BCUT2D eigenvalue weighted by molar-refractivity contribution is 6.31. The van der Waals surface area contributed by atoms with Crippen molar-refractivity contribution in [3.05, 3.63) is 34.9 Å². The van der Waals surface area contributed by atoms with Gasteiger partial charge in [-0.1, -0.05) is 29.8 Å². The molecule has 0 atom stereocenters. The number of carbonyl (C=O) groups excluding carboxylic acids is 3. The second-order valence-electron chi connectivity index (χ2n) is 3.90. The number of amides is 3. The van der Waals surface area contributed by atoms with Crippen LogP contribution in [0.4, 0.5) is 0 Å². The molecule has 0 spiro atoms. The van der Waals surface area contributed by atoms with Crippen LogP contribution < -0.4 is 16.8 Å². The van der Waals surface area contributed by atoms with E-state index in [9.17, 15) is 14.4 Å². The number of hydrogen-bond acceptors (Lipinski definition) is 3. The number of aryl methyl sites for hydroxylation is 1. The summed E-state index contributed by atoms with van der Waals surface area (Å²) in [6.45, 7) is 0. The Bertz CT molecular complexity index is 491. The zero-order chi connectivity index (χ0) is 14.4. The van der Waals surface area contributed by atoms with Crippen LogP contribution in [0.5, 0.6) is 0 Å². The summed E-state index contributed by atoms with van der Waals surface area (Å²) in [6.07, 6.45) is 0.455. The minimum atomic E-state index is -1.49. The van der Waals surface area contributed by atoms with Crippen molar-refractivity contribution in [2.75, 3.05) is 0 Å². The van der Waals surface area contributed by atoms with Crippen molar-refractivity contribution >= 4 is 29.3 Å². The van der Waals surface area contributed by atoms with Crippen LogP contribution in [0.2, 0.25) is 5.02 Å². The van der Waals surface area contributed by atoms with Gasteiger partial charge in [0.25, 0.3) is 0 Å². The van der Waals surface area contributed by atoms with Crippen LogP contribution in [0.3, 0.4) is 0 Å². The summed E-state index contributed by atoms with van der Waals surface area (Å²) < 4.78 is 0. The smallest absolute Gasteiger partial charge is 0.249 e. The molecule has 0 radical (unpaired) electrons. The van der Waals surface area contributed by atoms with Crippen molar-refractivity contribution in [3.63, 3.8) is 0 Å². The number of nitrogens with two attached hydrogens (primary N) is 2. The molecule has 6 nitrogen and oxygen atoms in total. The average molecular weight is 284 g/mol. The first-order valence-electron chi connectivity index (χ1n) is 5.53. The van der Waals surface area contributed by atoms with Crippen molar-refractivity contribution in [1.29, 1.82) is 0 Å². The van der Waals surface area contributed by atoms with Crippen LogP contribution in [0.1, 0.15) is 12.0 Å². The van der Waals surface area contributed by atoms with Crippen molar-refractivity contribution < 1.29 is 14.4 Å². The molecular formula is C12H14ClN3O3. The SMILES string of the molecule is NC(=O)C(NC(=O)CCc1ccccc1Cl)C(N)=O. The number of primary amides is 2. The van der Waals surface area contributed by atoms with E-state index >= 15 is 0 Å². The van der Waals surface area contributed by atoms with E-state index in [1.807, 2.05) is 0 Å². The lowest BCUT2D eigenvalue weighted by atomic mass is 10.1. The summed E-state index contributed by atoms with van der Waals surface area (Å²) in [5, 5.41) is 2.73. The fourth-order valence-corrected chi connectivity index (χ4v) is 1.70. The first kappa shape index (κ1) is 15.0. The Kier molecular flexibility index (Phi) is 5.32. The average Bonchev–Trinajstić information content (AvgIpc) is 2.34. The Morgan fingerprint density at radius 2 is 1.74 bits per heavy atom. The van der Waals surface area contributed by atoms with E-state index in [1.54, 1.807) is 24.3 Å². The minimum Gasteiger partial charge on any atom is -0.367 e. The van der Waals surface area contributed by atoms with E-state index in [4.69, 9.17) is 23.1 Å². The maximum Gasteiger partial charge on any atom is 0.249 e. The van der Waals surface area contributed by atoms with Gasteiger partial charge in [0.1, 0.15) is 0 Å². The number of rotatable bonds is 6. The predicted molar refractivity (Wildman–Crippen MR) is 70.1 cm³/mol. The van der Waals surface area contributed by atoms with Crippen molar-refractivity contribution in [1.82, 2.24) is 5.32 Å². The van der Waals surface area contributed by atoms with Gasteiger partial charge in [-0.05, 0) is 18.1 Å². The van der Waals surface area contributed by atoms with E-state index < -0.39 is 23.8 Å². The van der Waals surface area contributed by atoms with Crippen LogP contribution in [0.15, 0.2) is 24.3 Å². The quantitative estimate of drug-likeness (QED) is 0.624. The molecule has 0 saturated heterocycles. The summed E-state index contributed by atoms with van der Waals surface area (Å²) in [5.41, 5.74) is 10.7. The summed E-state index contributed by atoms with van der Waals surface area (Å²) >= 11 is 5.93. The highest BCUT2D eigenvalue weighted by Crippen LogP contribution is 2.16. The molecule has 0 bridgehead atoms. The van der Waals surface area contributed by atoms with Crippen LogP contribution in [-0.2, 0) is 20.8 Å². The third kappa shape index (κ3) is 4.59. The maximum absolute atomic E-state index is 11.6. The molecule has 5 N–H and O–H groups in total. The van der Waals surface area contributed by atoms with Gasteiger partial charge in [-0.15, -0.1) is 0 Å². The van der Waals surface area contributed by atoms with E-state index in [1.165, 1.54) is 0 Å². The summed E-state index contributed by atoms with van der Waals surface area (Å²) in [7, 11) is 0. The Morgan fingerprint density at radius 3 is 2.26 bits per heavy atom. The summed E-state index contributed by atoms with van der Waals surface area (Å²) in [4.78, 5) is 33.4. The first-order valence-corrected chi connectivity index (χ1v) is 5.91. The van der Waals surface area contributed by atoms with Gasteiger partial charge in [0.2, 0.25) is 17.7 Å². The number of carbonyl (C=O) groups is 3. The third-order valence-corrected chi connectivity index (χ3v) is 2.82. The van der Waals surface area contributed by atoms with Gasteiger partial charge in [0.05, 0.1) is 0 Å². The van der Waals surface area contributed by atoms with Gasteiger partial charge >= 0.3 is 0 Å². The number of nitrogens with one attached hydrogen (secondary N) is 1. The van der Waals surface area contributed by atoms with Gasteiger partial charge in [-0.2, -0.15) is 0 Å². The molecule has 0 aliphatic carbocycles. The van der Waals surface area contributed by atoms with Crippen molar-refractivity contribution in [2.24, 2.45) is 11.5 Å². The normalized spacial score (nSPS) is 10.2. The molecule has 7 heteroatoms. The monoisotopic (exact) mass is 283 g/mol. The molecule has 1 rings (SSSR count). The maximum atomic E-state index is 11.6. The summed E-state index contributed by atoms with van der Waals surface area (Å²) in [6, 6.07) is 5.59. The summed E-state index contributed by atoms with van der Waals surface area (Å²) in [5.74, 6) is -2.47. The second-order valence-corrected chi connectivity index (χ2v) is 4.30. The molecule has 1 aromatic rings. The Morgan fingerprint density at radius 1 is 1.16 bits per heavy atom. The molecule has 0 saturated carbocycles. The fraction of sp³-hybridized carbons (Fsp3) is 0.250. The van der Waals surface area contributed by atoms with E-state index in [2.05, 4.69) is 5.32 Å². The zero-order valence-corrected chi connectivity index (χ0v) is 10.8. The Balaban J connectivity index is 2.54. The Labute approximate surface area is 115 Å². The van der Waals surface area contributed by atoms with Crippen molar-refractivity contribution in [2.45, 2.75) is 18.9 Å². The molecule has 0 heterocycles. The first-order chi connectivity index (χ1) is 8.91. The molecule has 0 fully saturated rings. The number of halogens is 1. The highest BCUT2D eigenvalue weighted by Gasteiger charge is 2.23. The van der Waals surface area contributed by atoms with E-state index in [0.717, 1.165) is 5.56 Å². The van der Waals surface area contributed by atoms with Crippen LogP contribution in [0.25, 0.3) is 0 Å². The lowest BCUT2D eigenvalue weighted by Crippen LogP contribution is -2.52. The Hall–Kier alpha value is -2.08. The number of benzene rings is 1. The standard InChI is InChI=1S/C12H14ClN3O3/c13-8-4-2-1-3-7(8)5-6-9(17)16-10(11(14)18)12(15)19/h1-4,10H,5-6H2,(H2,14,18)(H2,15,19)(H,16,17). The second kappa shape index (κ2) is 6.75. The molecule has 102 valence electrons. The lowest BCUT2D eigenvalue weighted by Gasteiger charge is -2.11. The minimum absolute atomic E-state index is 0.0702. The van der Waals surface area contributed by atoms with Gasteiger partial charge in [0.15, 0.2) is 6.04 Å². The fourth-order valence-electron chi connectivity index (χ4n) is 1.46. The molecule has 3 amide bonds. The van der Waals surface area contributed by atoms with Gasteiger partial charge < -0.3 is 16.8 Å². The molecule has 19 heavy (non-hydrogen) atoms. The highest BCUT2D eigenvalue weighted by atomic mass is 35.5. The van der Waals surface area contributed by atoms with Gasteiger partial charge in [-0.3, -0.25) is 14.4 Å². The lowest BCUT2D eigenvalue weighted by molar-refractivity contribution is -0.133. The third-order valence-electron chi connectivity index (χ3n) is 2.45. The largest absolute Gasteiger partial charge is 0.367 e. The molecule has 0 unspecified atom stereocenters. The van der Waals surface area contributed by atoms with Gasteiger partial charge in [0, 0.05) is 11.4 Å². The predicted octanol–water partition coefficient (Wildman–Crippen LogP) is -0.272. The van der Waals surface area contributed by atoms with Crippen LogP contribution >= 0.6 is 11.6 Å². The topological polar surface area (TPSA) is 115 Å². The van der Waals surface area contributed by atoms with E-state index in [0.29, 0.717) is 11.4 Å². The molecule has 0 aliphatic rings. The number of hydrogen-bond donors (Lipinski definition) is 3. The van der Waals surface area contributed by atoms with Crippen molar-refractivity contribution in [3.8, 4) is 0 Å². The van der Waals surface area contributed by atoms with Crippen LogP contribution in [0, 0.1) is 0 Å². The van der Waals surface area contributed by atoms with E-state index in [-0.39, 0.29) is 6.42 Å². The van der Waals surface area contributed by atoms with Crippen LogP contribution in [-0.4, -0.2) is 23.8 Å². The van der Waals surface area contributed by atoms with Gasteiger partial charge in [-0.25, -0.2) is 0 Å². The molecule has 0 aromatic heterocycles.